The van der Waals surface area contributed by atoms with E-state index in [-0.39, 0.29) is 43.1 Å². The van der Waals surface area contributed by atoms with Crippen LogP contribution in [0.4, 0.5) is 22.9 Å². The molecule has 5 aromatic rings. The van der Waals surface area contributed by atoms with Crippen LogP contribution < -0.4 is 20.0 Å². The molecule has 1 aromatic heterocycles. The van der Waals surface area contributed by atoms with Gasteiger partial charge in [-0.1, -0.05) is 66.2 Å². The lowest BCUT2D eigenvalue weighted by Gasteiger charge is -2.36. The van der Waals surface area contributed by atoms with E-state index in [4.69, 9.17) is 0 Å². The number of hydrogen-bond acceptors (Lipinski definition) is 6. The fourth-order valence-corrected chi connectivity index (χ4v) is 6.58. The van der Waals surface area contributed by atoms with Crippen LogP contribution in [0.1, 0.15) is 32.7 Å². The molecule has 0 aliphatic carbocycles. The molecule has 0 atom stereocenters. The van der Waals surface area contributed by atoms with E-state index in [0.717, 1.165) is 22.5 Å². The van der Waals surface area contributed by atoms with Crippen LogP contribution in [0, 0.1) is 6.92 Å². The number of nitrogens with one attached hydrogen (secondary N) is 1. The smallest absolute Gasteiger partial charge is 0.258 e. The first-order valence-electron chi connectivity index (χ1n) is 17.1. The van der Waals surface area contributed by atoms with E-state index in [0.29, 0.717) is 54.4 Å². The lowest BCUT2D eigenvalue weighted by Crippen LogP contribution is -2.52. The number of aryl methyl sites for hydroxylation is 1. The lowest BCUT2D eigenvalue weighted by molar-refractivity contribution is -0.131. The number of carbonyl (C=O) groups is 4. The number of benzene rings is 4. The summed E-state index contributed by atoms with van der Waals surface area (Å²) in [5.74, 6) is -0.0171. The van der Waals surface area contributed by atoms with E-state index in [2.05, 4.69) is 15.2 Å². The lowest BCUT2D eigenvalue weighted by atomic mass is 9.98. The van der Waals surface area contributed by atoms with Crippen molar-refractivity contribution in [2.75, 3.05) is 59.3 Å². The van der Waals surface area contributed by atoms with Crippen LogP contribution >= 0.6 is 0 Å². The van der Waals surface area contributed by atoms with Crippen molar-refractivity contribution in [2.45, 2.75) is 13.3 Å². The van der Waals surface area contributed by atoms with Crippen molar-refractivity contribution in [3.8, 4) is 11.1 Å². The van der Waals surface area contributed by atoms with E-state index < -0.39 is 0 Å². The maximum atomic E-state index is 14.0. The number of rotatable bonds is 7. The maximum absolute atomic E-state index is 14.0. The van der Waals surface area contributed by atoms with Crippen molar-refractivity contribution < 1.29 is 19.2 Å². The molecule has 1 saturated heterocycles. The van der Waals surface area contributed by atoms with Gasteiger partial charge in [0.15, 0.2) is 0 Å². The van der Waals surface area contributed by atoms with E-state index in [1.54, 1.807) is 64.5 Å². The Hall–Kier alpha value is -6.29. The van der Waals surface area contributed by atoms with Crippen molar-refractivity contribution in [3.63, 3.8) is 0 Å². The van der Waals surface area contributed by atoms with Crippen molar-refractivity contribution in [1.82, 2.24) is 9.88 Å². The van der Waals surface area contributed by atoms with Crippen LogP contribution in [-0.2, 0) is 9.59 Å². The Morgan fingerprint density at radius 2 is 1.41 bits per heavy atom. The molecule has 0 saturated carbocycles. The van der Waals surface area contributed by atoms with Gasteiger partial charge in [0.1, 0.15) is 12.4 Å². The summed E-state index contributed by atoms with van der Waals surface area (Å²) in [7, 11) is 0. The van der Waals surface area contributed by atoms with Crippen molar-refractivity contribution in [1.29, 1.82) is 0 Å². The predicted octanol–water partition coefficient (Wildman–Crippen LogP) is 6.04. The Morgan fingerprint density at radius 3 is 2.14 bits per heavy atom. The maximum Gasteiger partial charge on any atom is 0.258 e. The molecule has 4 amide bonds. The molecule has 4 aromatic carbocycles. The second-order valence-electron chi connectivity index (χ2n) is 12.7. The summed E-state index contributed by atoms with van der Waals surface area (Å²) in [6, 6.07) is 35.2. The van der Waals surface area contributed by atoms with Gasteiger partial charge in [0.05, 0.1) is 11.4 Å². The molecule has 51 heavy (non-hydrogen) atoms. The van der Waals surface area contributed by atoms with Crippen molar-refractivity contribution in [2.24, 2.45) is 0 Å². The summed E-state index contributed by atoms with van der Waals surface area (Å²) >= 11 is 0. The molecule has 2 aliphatic heterocycles. The SMILES string of the molecule is Cc1ccc(-c2ccccc2C(=O)Nc2ccc(C(=O)N3CCC(=O)N(CC(=O)N4CCN(c5ccccn5)CC4)c4ccccc43)cc2)cc1. The third-order valence-corrected chi connectivity index (χ3v) is 9.38. The standard InChI is InChI=1S/C41H38N6O4/c1-29-13-15-30(16-14-29)33-8-2-3-9-34(33)40(50)43-32-19-17-31(18-20-32)41(51)46-23-21-38(48)47(36-11-5-4-10-35(36)46)28-39(49)45-26-24-44(25-27-45)37-12-6-7-22-42-37/h2-20,22H,21,23-28H2,1H3,(H,43,50). The number of amides is 4. The van der Waals surface area contributed by atoms with Gasteiger partial charge in [-0.15, -0.1) is 0 Å². The molecule has 1 N–H and O–H groups in total. The van der Waals surface area contributed by atoms with E-state index in [1.165, 1.54) is 4.90 Å². The molecule has 0 bridgehead atoms. The Bertz CT molecular complexity index is 2060. The molecule has 3 heterocycles. The number of pyridine rings is 1. The van der Waals surface area contributed by atoms with Crippen molar-refractivity contribution in [3.05, 3.63) is 138 Å². The Morgan fingerprint density at radius 1 is 0.725 bits per heavy atom. The molecule has 0 radical (unpaired) electrons. The van der Waals surface area contributed by atoms with Crippen LogP contribution in [0.5, 0.6) is 0 Å². The number of fused-ring (bicyclic) bond motifs is 1. The zero-order chi connectivity index (χ0) is 35.3. The Labute approximate surface area is 296 Å². The zero-order valence-corrected chi connectivity index (χ0v) is 28.4. The topological polar surface area (TPSA) is 106 Å². The van der Waals surface area contributed by atoms with E-state index >= 15 is 0 Å². The first-order chi connectivity index (χ1) is 24.9. The molecule has 0 spiro atoms. The summed E-state index contributed by atoms with van der Waals surface area (Å²) < 4.78 is 0. The second kappa shape index (κ2) is 14.7. The number of hydrogen-bond donors (Lipinski definition) is 1. The summed E-state index contributed by atoms with van der Waals surface area (Å²) in [6.07, 6.45) is 1.82. The molecular weight excluding hydrogens is 640 g/mol. The van der Waals surface area contributed by atoms with Gasteiger partial charge in [0.2, 0.25) is 11.8 Å². The first-order valence-corrected chi connectivity index (χ1v) is 17.1. The molecule has 0 unspecified atom stereocenters. The third-order valence-electron chi connectivity index (χ3n) is 9.38. The molecule has 2 aliphatic rings. The van der Waals surface area contributed by atoms with Gasteiger partial charge in [-0.3, -0.25) is 19.2 Å². The van der Waals surface area contributed by atoms with Gasteiger partial charge in [-0.25, -0.2) is 4.98 Å². The van der Waals surface area contributed by atoms with E-state index in [1.807, 2.05) is 73.7 Å². The van der Waals surface area contributed by atoms with Gasteiger partial charge >= 0.3 is 0 Å². The van der Waals surface area contributed by atoms with Gasteiger partial charge in [0, 0.05) is 62.2 Å². The van der Waals surface area contributed by atoms with Crippen LogP contribution in [0.3, 0.4) is 0 Å². The van der Waals surface area contributed by atoms with Gasteiger partial charge in [0.25, 0.3) is 11.8 Å². The van der Waals surface area contributed by atoms with E-state index in [9.17, 15) is 19.2 Å². The summed E-state index contributed by atoms with van der Waals surface area (Å²) in [5.41, 5.74) is 5.50. The molecule has 1 fully saturated rings. The van der Waals surface area contributed by atoms with Crippen LogP contribution in [0.25, 0.3) is 11.1 Å². The second-order valence-corrected chi connectivity index (χ2v) is 12.7. The van der Waals surface area contributed by atoms with Crippen LogP contribution in [0.15, 0.2) is 121 Å². The first kappa shape index (κ1) is 33.2. The summed E-state index contributed by atoms with van der Waals surface area (Å²) in [5, 5.41) is 2.96. The Balaban J connectivity index is 1.03. The van der Waals surface area contributed by atoms with Crippen LogP contribution in [0.2, 0.25) is 0 Å². The monoisotopic (exact) mass is 678 g/mol. The number of piperazine rings is 1. The summed E-state index contributed by atoms with van der Waals surface area (Å²) in [6.45, 7) is 4.43. The largest absolute Gasteiger partial charge is 0.353 e. The van der Waals surface area contributed by atoms with Gasteiger partial charge in [-0.05, 0) is 72.6 Å². The summed E-state index contributed by atoms with van der Waals surface area (Å²) in [4.78, 5) is 65.8. The minimum absolute atomic E-state index is 0.0652. The van der Waals surface area contributed by atoms with Crippen LogP contribution in [-0.4, -0.2) is 72.8 Å². The quantitative estimate of drug-likeness (QED) is 0.225. The van der Waals surface area contributed by atoms with Crippen molar-refractivity contribution >= 4 is 46.5 Å². The normalized spacial score (nSPS) is 14.5. The highest BCUT2D eigenvalue weighted by molar-refractivity contribution is 6.13. The Kier molecular flexibility index (Phi) is 9.56. The predicted molar refractivity (Wildman–Crippen MR) is 199 cm³/mol. The molecule has 256 valence electrons. The minimum atomic E-state index is -0.281. The number of para-hydroxylation sites is 2. The highest BCUT2D eigenvalue weighted by Crippen LogP contribution is 2.34. The molecule has 7 rings (SSSR count). The number of anilines is 4. The average molecular weight is 679 g/mol. The highest BCUT2D eigenvalue weighted by atomic mass is 16.2. The number of aromatic nitrogens is 1. The highest BCUT2D eigenvalue weighted by Gasteiger charge is 2.32. The minimum Gasteiger partial charge on any atom is -0.353 e. The molecular formula is C41H38N6O4. The molecule has 10 heteroatoms. The number of nitrogens with zero attached hydrogens (tertiary/aromatic N) is 5. The average Bonchev–Trinajstić information content (AvgIpc) is 3.31. The van der Waals surface area contributed by atoms with Gasteiger partial charge in [-0.2, -0.15) is 0 Å². The van der Waals surface area contributed by atoms with Gasteiger partial charge < -0.3 is 24.9 Å². The fraction of sp³-hybridized carbons (Fsp3) is 0.195. The fourth-order valence-electron chi connectivity index (χ4n) is 6.58. The third kappa shape index (κ3) is 7.21. The zero-order valence-electron chi connectivity index (χ0n) is 28.4. The number of carbonyl (C=O) groups excluding carboxylic acids is 4. The molecule has 10 nitrogen and oxygen atoms in total.